The number of thioether (sulfide) groups is 1. The zero-order chi connectivity index (χ0) is 35.7. The number of aromatic nitrogens is 2. The van der Waals surface area contributed by atoms with Crippen LogP contribution in [0.25, 0.3) is 11.1 Å². The molecule has 9 nitrogen and oxygen atoms in total. The van der Waals surface area contributed by atoms with Gasteiger partial charge in [0.25, 0.3) is 21.8 Å². The van der Waals surface area contributed by atoms with Crippen LogP contribution in [0.2, 0.25) is 5.02 Å². The van der Waals surface area contributed by atoms with Crippen LogP contribution in [0.5, 0.6) is 0 Å². The first-order valence-electron chi connectivity index (χ1n) is 15.4. The van der Waals surface area contributed by atoms with Gasteiger partial charge >= 0.3 is 0 Å². The molecule has 0 saturated carbocycles. The molecule has 14 heteroatoms. The van der Waals surface area contributed by atoms with Crippen molar-refractivity contribution in [3.05, 3.63) is 143 Å². The molecule has 50 heavy (non-hydrogen) atoms. The lowest BCUT2D eigenvalue weighted by Gasteiger charge is -2.21. The van der Waals surface area contributed by atoms with E-state index in [9.17, 15) is 26.8 Å². The Morgan fingerprint density at radius 2 is 1.64 bits per heavy atom. The minimum atomic E-state index is -4.25. The molecule has 0 saturated heterocycles. The van der Waals surface area contributed by atoms with Crippen LogP contribution in [0.1, 0.15) is 34.0 Å². The minimum absolute atomic E-state index is 0.105. The maximum Gasteiger partial charge on any atom is 0.264 e. The third-order valence-corrected chi connectivity index (χ3v) is 9.96. The van der Waals surface area contributed by atoms with Gasteiger partial charge in [0.15, 0.2) is 0 Å². The first kappa shape index (κ1) is 36.7. The van der Waals surface area contributed by atoms with E-state index in [4.69, 9.17) is 16.3 Å². The molecule has 0 fully saturated rings. The number of rotatable bonds is 15. The molecular weight excluding hydrogens is 706 g/mol. The molecule has 5 rings (SSSR count). The highest BCUT2D eigenvalue weighted by atomic mass is 35.5. The number of ether oxygens (including phenoxy) is 1. The van der Waals surface area contributed by atoms with Gasteiger partial charge in [-0.25, -0.2) is 26.9 Å². The second-order valence-corrected chi connectivity index (χ2v) is 14.3. The van der Waals surface area contributed by atoms with Crippen LogP contribution in [0.3, 0.4) is 0 Å². The second kappa shape index (κ2) is 16.9. The summed E-state index contributed by atoms with van der Waals surface area (Å²) >= 11 is 7.31. The van der Waals surface area contributed by atoms with Crippen molar-refractivity contribution in [1.29, 1.82) is 0 Å². The first-order chi connectivity index (χ1) is 24.0. The Labute approximate surface area is 298 Å². The van der Waals surface area contributed by atoms with Crippen LogP contribution in [-0.4, -0.2) is 47.8 Å². The Morgan fingerprint density at radius 1 is 0.960 bits per heavy atom. The van der Waals surface area contributed by atoms with Gasteiger partial charge in [-0.15, -0.1) is 0 Å². The Kier molecular flexibility index (Phi) is 12.4. The smallest absolute Gasteiger partial charge is 0.264 e. The zero-order valence-electron chi connectivity index (χ0n) is 26.8. The molecule has 2 N–H and O–H groups in total. The van der Waals surface area contributed by atoms with E-state index in [1.165, 1.54) is 72.4 Å². The summed E-state index contributed by atoms with van der Waals surface area (Å²) in [5.74, 6) is -1.91. The summed E-state index contributed by atoms with van der Waals surface area (Å²) < 4.78 is 63.7. The standard InChI is InChI=1S/C36H33ClF2N4O5S2/c1-49-19-16-33(36(45)42-50(46,47)30-13-7-27(37)8-14-30)41-35(44)31-15-2-24(20-32(31)25-3-9-28(38)10-4-25)22-48-34(21-43-18-17-40-23-43)26-5-11-29(39)12-6-26/h2-15,17-18,20,23,33-34H,16,19,21-22H2,1H3,(H,41,44)(H,42,45)/t33-,34?/m0/s1. The van der Waals surface area contributed by atoms with E-state index in [0.29, 0.717) is 34.0 Å². The predicted molar refractivity (Wildman–Crippen MR) is 189 cm³/mol. The summed E-state index contributed by atoms with van der Waals surface area (Å²) in [5.41, 5.74) is 2.58. The number of nitrogens with one attached hydrogen (secondary N) is 2. The molecule has 0 radical (unpaired) electrons. The van der Waals surface area contributed by atoms with Crippen LogP contribution in [0.4, 0.5) is 8.78 Å². The lowest BCUT2D eigenvalue weighted by atomic mass is 9.96. The summed E-state index contributed by atoms with van der Waals surface area (Å²) in [6.07, 6.45) is 6.59. The molecule has 260 valence electrons. The topological polar surface area (TPSA) is 119 Å². The fraction of sp³-hybridized carbons (Fsp3) is 0.194. The third-order valence-electron chi connectivity index (χ3n) is 7.70. The van der Waals surface area contributed by atoms with Gasteiger partial charge in [0, 0.05) is 23.0 Å². The molecule has 2 amide bonds. The van der Waals surface area contributed by atoms with Gasteiger partial charge in [0.2, 0.25) is 0 Å². The number of hydrogen-bond acceptors (Lipinski definition) is 7. The average Bonchev–Trinajstić information content (AvgIpc) is 3.62. The van der Waals surface area contributed by atoms with Crippen molar-refractivity contribution in [3.8, 4) is 11.1 Å². The lowest BCUT2D eigenvalue weighted by molar-refractivity contribution is -0.121. The monoisotopic (exact) mass is 738 g/mol. The molecule has 1 heterocycles. The fourth-order valence-corrected chi connectivity index (χ4v) is 6.70. The summed E-state index contributed by atoms with van der Waals surface area (Å²) in [6.45, 7) is 0.512. The molecule has 4 aromatic carbocycles. The SMILES string of the molecule is CSCC[C@H](NC(=O)c1ccc(COC(Cn2ccnc2)c2ccc(F)cc2)cc1-c1ccc(F)cc1)C(=O)NS(=O)(=O)c1ccc(Cl)cc1. The molecule has 1 aromatic heterocycles. The van der Waals surface area contributed by atoms with E-state index in [2.05, 4.69) is 15.0 Å². The van der Waals surface area contributed by atoms with E-state index in [1.54, 1.807) is 49.1 Å². The van der Waals surface area contributed by atoms with Gasteiger partial charge in [-0.1, -0.05) is 41.9 Å². The molecule has 5 aromatic rings. The molecule has 0 spiro atoms. The molecular formula is C36H33ClF2N4O5S2. The molecule has 1 unspecified atom stereocenters. The maximum absolute atomic E-state index is 13.9. The Bertz CT molecular complexity index is 2010. The summed E-state index contributed by atoms with van der Waals surface area (Å²) in [6, 6.07) is 20.8. The quantitative estimate of drug-likeness (QED) is 0.121. The predicted octanol–water partition coefficient (Wildman–Crippen LogP) is 6.80. The van der Waals surface area contributed by atoms with Crippen molar-refractivity contribution in [2.24, 2.45) is 0 Å². The number of nitrogens with zero attached hydrogens (tertiary/aromatic N) is 2. The number of imidazole rings is 1. The van der Waals surface area contributed by atoms with Gasteiger partial charge in [0.05, 0.1) is 24.4 Å². The molecule has 0 bridgehead atoms. The molecule has 0 aliphatic rings. The molecule has 2 atom stereocenters. The van der Waals surface area contributed by atoms with Gasteiger partial charge in [-0.05, 0) is 101 Å². The normalized spacial score (nSPS) is 12.6. The number of sulfonamides is 1. The Balaban J connectivity index is 1.40. The van der Waals surface area contributed by atoms with Crippen molar-refractivity contribution in [2.45, 2.75) is 36.6 Å². The zero-order valence-corrected chi connectivity index (χ0v) is 29.2. The number of hydrogen-bond donors (Lipinski definition) is 2. The van der Waals surface area contributed by atoms with Gasteiger partial charge < -0.3 is 14.6 Å². The fourth-order valence-electron chi connectivity index (χ4n) is 5.08. The highest BCUT2D eigenvalue weighted by molar-refractivity contribution is 7.98. The van der Waals surface area contributed by atoms with Crippen molar-refractivity contribution >= 4 is 45.2 Å². The van der Waals surface area contributed by atoms with Crippen molar-refractivity contribution < 1.29 is 31.5 Å². The Hall–Kier alpha value is -4.56. The van der Waals surface area contributed by atoms with Crippen LogP contribution in [0, 0.1) is 11.6 Å². The van der Waals surface area contributed by atoms with E-state index in [-0.39, 0.29) is 29.3 Å². The lowest BCUT2D eigenvalue weighted by Crippen LogP contribution is -2.48. The van der Waals surface area contributed by atoms with Crippen molar-refractivity contribution in [2.75, 3.05) is 12.0 Å². The number of benzene rings is 4. The summed E-state index contributed by atoms with van der Waals surface area (Å²) in [4.78, 5) is 31.0. The summed E-state index contributed by atoms with van der Waals surface area (Å²) in [5, 5.41) is 3.03. The highest BCUT2D eigenvalue weighted by Gasteiger charge is 2.27. The minimum Gasteiger partial charge on any atom is -0.367 e. The van der Waals surface area contributed by atoms with E-state index in [1.807, 2.05) is 10.8 Å². The third kappa shape index (κ3) is 9.78. The van der Waals surface area contributed by atoms with Crippen LogP contribution < -0.4 is 10.0 Å². The highest BCUT2D eigenvalue weighted by Crippen LogP contribution is 2.28. The van der Waals surface area contributed by atoms with Crippen molar-refractivity contribution in [1.82, 2.24) is 19.6 Å². The van der Waals surface area contributed by atoms with E-state index in [0.717, 1.165) is 5.56 Å². The average molecular weight is 739 g/mol. The van der Waals surface area contributed by atoms with E-state index < -0.39 is 39.8 Å². The maximum atomic E-state index is 13.9. The number of carbonyl (C=O) groups excluding carboxylic acids is 2. The Morgan fingerprint density at radius 3 is 2.28 bits per heavy atom. The van der Waals surface area contributed by atoms with Crippen molar-refractivity contribution in [3.63, 3.8) is 0 Å². The van der Waals surface area contributed by atoms with Gasteiger partial charge in [0.1, 0.15) is 23.8 Å². The van der Waals surface area contributed by atoms with Gasteiger partial charge in [-0.2, -0.15) is 11.8 Å². The largest absolute Gasteiger partial charge is 0.367 e. The van der Waals surface area contributed by atoms with Crippen LogP contribution in [-0.2, 0) is 32.7 Å². The first-order valence-corrected chi connectivity index (χ1v) is 18.6. The number of halogens is 3. The summed E-state index contributed by atoms with van der Waals surface area (Å²) in [7, 11) is -4.25. The molecule has 0 aliphatic carbocycles. The van der Waals surface area contributed by atoms with E-state index >= 15 is 0 Å². The van der Waals surface area contributed by atoms with Gasteiger partial charge in [-0.3, -0.25) is 9.59 Å². The second-order valence-electron chi connectivity index (χ2n) is 11.2. The van der Waals surface area contributed by atoms with Crippen LogP contribution in [0.15, 0.2) is 115 Å². The molecule has 0 aliphatic heterocycles. The number of carbonyl (C=O) groups is 2. The number of amides is 2. The van der Waals surface area contributed by atoms with Crippen LogP contribution >= 0.6 is 23.4 Å².